The summed E-state index contributed by atoms with van der Waals surface area (Å²) in [6, 6.07) is 6.20. The van der Waals surface area contributed by atoms with Crippen LogP contribution in [0.15, 0.2) is 36.8 Å². The minimum absolute atomic E-state index is 0.164. The van der Waals surface area contributed by atoms with Crippen molar-refractivity contribution in [2.75, 3.05) is 44.2 Å². The third-order valence-electron chi connectivity index (χ3n) is 5.02. The number of hydrogen-bond donors (Lipinski definition) is 0. The normalized spacial score (nSPS) is 15.1. The highest BCUT2D eigenvalue weighted by molar-refractivity contribution is 5.83. The fraction of sp³-hybridized carbons (Fsp3) is 0.400. The predicted molar refractivity (Wildman–Crippen MR) is 107 cm³/mol. The Hall–Kier alpha value is -3.00. The van der Waals surface area contributed by atoms with Gasteiger partial charge < -0.3 is 9.64 Å². The number of esters is 1. The molecule has 3 aromatic rings. The topological polar surface area (TPSA) is 76.4 Å². The lowest BCUT2D eigenvalue weighted by Crippen LogP contribution is -2.48. The van der Waals surface area contributed by atoms with Gasteiger partial charge in [-0.15, -0.1) is 0 Å². The number of carbonyl (C=O) groups excluding carboxylic acids is 1. The van der Waals surface area contributed by atoms with Crippen molar-refractivity contribution < 1.29 is 9.53 Å². The van der Waals surface area contributed by atoms with Gasteiger partial charge in [0.15, 0.2) is 0 Å². The minimum atomic E-state index is -0.164. The van der Waals surface area contributed by atoms with Crippen molar-refractivity contribution in [2.45, 2.75) is 6.92 Å². The third kappa shape index (κ3) is 3.82. The fourth-order valence-electron chi connectivity index (χ4n) is 3.47. The van der Waals surface area contributed by atoms with Crippen LogP contribution in [-0.4, -0.2) is 69.9 Å². The lowest BCUT2D eigenvalue weighted by atomic mass is 10.1. The molecule has 1 aliphatic rings. The van der Waals surface area contributed by atoms with Crippen LogP contribution < -0.4 is 4.90 Å². The van der Waals surface area contributed by atoms with Crippen molar-refractivity contribution in [1.29, 1.82) is 0 Å². The molecular formula is C20H24N6O2. The average molecular weight is 380 g/mol. The van der Waals surface area contributed by atoms with E-state index in [0.717, 1.165) is 54.2 Å². The van der Waals surface area contributed by atoms with E-state index in [2.05, 4.69) is 38.1 Å². The first-order valence-electron chi connectivity index (χ1n) is 9.51. The molecule has 0 spiro atoms. The maximum Gasteiger partial charge on any atom is 0.320 e. The first kappa shape index (κ1) is 18.4. The Morgan fingerprint density at radius 2 is 1.96 bits per heavy atom. The summed E-state index contributed by atoms with van der Waals surface area (Å²) in [6.07, 6.45) is 5.45. The molecule has 1 aromatic carbocycles. The number of fused-ring (bicyclic) bond motifs is 1. The van der Waals surface area contributed by atoms with Crippen LogP contribution in [0.25, 0.3) is 22.2 Å². The van der Waals surface area contributed by atoms with Crippen LogP contribution in [0.5, 0.6) is 0 Å². The number of aryl methyl sites for hydroxylation is 1. The van der Waals surface area contributed by atoms with Crippen molar-refractivity contribution in [3.05, 3.63) is 36.8 Å². The molecule has 4 rings (SSSR count). The number of nitrogens with zero attached hydrogens (tertiary/aromatic N) is 6. The SMILES string of the molecule is CCOC(=O)CN1CCN(c2cncc(-c3ccc4cnn(C)c4c3)n2)CC1. The molecule has 146 valence electrons. The van der Waals surface area contributed by atoms with Crippen molar-refractivity contribution in [2.24, 2.45) is 7.05 Å². The molecule has 1 aliphatic heterocycles. The van der Waals surface area contributed by atoms with Gasteiger partial charge in [0.1, 0.15) is 5.82 Å². The monoisotopic (exact) mass is 380 g/mol. The Morgan fingerprint density at radius 3 is 2.75 bits per heavy atom. The van der Waals surface area contributed by atoms with Crippen molar-refractivity contribution in [1.82, 2.24) is 24.6 Å². The van der Waals surface area contributed by atoms with Crippen molar-refractivity contribution in [3.8, 4) is 11.3 Å². The van der Waals surface area contributed by atoms with Gasteiger partial charge in [0, 0.05) is 44.2 Å². The molecule has 2 aromatic heterocycles. The minimum Gasteiger partial charge on any atom is -0.465 e. The van der Waals surface area contributed by atoms with E-state index < -0.39 is 0 Å². The summed E-state index contributed by atoms with van der Waals surface area (Å²) in [5.74, 6) is 0.696. The summed E-state index contributed by atoms with van der Waals surface area (Å²) in [4.78, 5) is 25.2. The first-order chi connectivity index (χ1) is 13.6. The molecule has 0 unspecified atom stereocenters. The average Bonchev–Trinajstić information content (AvgIpc) is 3.09. The zero-order valence-corrected chi connectivity index (χ0v) is 16.2. The molecule has 8 heteroatoms. The highest BCUT2D eigenvalue weighted by atomic mass is 16.5. The van der Waals surface area contributed by atoms with Gasteiger partial charge in [0.2, 0.25) is 0 Å². The van der Waals surface area contributed by atoms with E-state index in [9.17, 15) is 4.79 Å². The Kier molecular flexibility index (Phi) is 5.21. The van der Waals surface area contributed by atoms with Crippen LogP contribution in [-0.2, 0) is 16.6 Å². The largest absolute Gasteiger partial charge is 0.465 e. The second kappa shape index (κ2) is 7.93. The first-order valence-corrected chi connectivity index (χ1v) is 9.51. The van der Waals surface area contributed by atoms with Crippen LogP contribution in [0, 0.1) is 0 Å². The van der Waals surface area contributed by atoms with E-state index in [1.807, 2.05) is 24.9 Å². The smallest absolute Gasteiger partial charge is 0.320 e. The Labute approximate surface area is 163 Å². The van der Waals surface area contributed by atoms with Crippen LogP contribution >= 0.6 is 0 Å². The molecular weight excluding hydrogens is 356 g/mol. The third-order valence-corrected chi connectivity index (χ3v) is 5.02. The Bertz CT molecular complexity index is 978. The van der Waals surface area contributed by atoms with Crippen molar-refractivity contribution >= 4 is 22.7 Å². The number of anilines is 1. The number of rotatable bonds is 5. The molecule has 0 aliphatic carbocycles. The number of piperazine rings is 1. The predicted octanol–water partition coefficient (Wildman–Crippen LogP) is 1.72. The maximum atomic E-state index is 11.7. The standard InChI is InChI=1S/C20H24N6O2/c1-3-28-20(27)14-25-6-8-26(9-7-25)19-13-21-12-17(23-19)15-4-5-16-11-22-24(2)18(16)10-15/h4-5,10-13H,3,6-9,14H2,1-2H3. The molecule has 3 heterocycles. The summed E-state index contributed by atoms with van der Waals surface area (Å²) in [6.45, 7) is 5.80. The zero-order chi connectivity index (χ0) is 19.5. The van der Waals surface area contributed by atoms with Crippen LogP contribution in [0.1, 0.15) is 6.92 Å². The molecule has 0 atom stereocenters. The fourth-order valence-corrected chi connectivity index (χ4v) is 3.47. The summed E-state index contributed by atoms with van der Waals surface area (Å²) in [5.41, 5.74) is 2.93. The van der Waals surface area contributed by atoms with Gasteiger partial charge in [-0.2, -0.15) is 5.10 Å². The van der Waals surface area contributed by atoms with Gasteiger partial charge in [-0.3, -0.25) is 19.4 Å². The quantitative estimate of drug-likeness (QED) is 0.624. The summed E-state index contributed by atoms with van der Waals surface area (Å²) in [5, 5.41) is 5.40. The molecule has 28 heavy (non-hydrogen) atoms. The zero-order valence-electron chi connectivity index (χ0n) is 16.2. The second-order valence-electron chi connectivity index (χ2n) is 6.87. The van der Waals surface area contributed by atoms with Gasteiger partial charge in [0.25, 0.3) is 0 Å². The van der Waals surface area contributed by atoms with Crippen LogP contribution in [0.2, 0.25) is 0 Å². The van der Waals surface area contributed by atoms with Crippen LogP contribution in [0.4, 0.5) is 5.82 Å². The van der Waals surface area contributed by atoms with Crippen LogP contribution in [0.3, 0.4) is 0 Å². The Morgan fingerprint density at radius 1 is 1.14 bits per heavy atom. The number of carbonyl (C=O) groups is 1. The second-order valence-corrected chi connectivity index (χ2v) is 6.87. The lowest BCUT2D eigenvalue weighted by molar-refractivity contribution is -0.144. The number of aromatic nitrogens is 4. The summed E-state index contributed by atoms with van der Waals surface area (Å²) in [7, 11) is 1.93. The molecule has 0 amide bonds. The van der Waals surface area contributed by atoms with E-state index in [4.69, 9.17) is 9.72 Å². The number of ether oxygens (including phenoxy) is 1. The highest BCUT2D eigenvalue weighted by Crippen LogP contribution is 2.24. The molecule has 8 nitrogen and oxygen atoms in total. The summed E-state index contributed by atoms with van der Waals surface area (Å²) < 4.78 is 6.89. The molecule has 0 radical (unpaired) electrons. The molecule has 0 N–H and O–H groups in total. The van der Waals surface area contributed by atoms with Gasteiger partial charge >= 0.3 is 5.97 Å². The molecule has 0 saturated carbocycles. The lowest BCUT2D eigenvalue weighted by Gasteiger charge is -2.34. The van der Waals surface area contributed by atoms with Gasteiger partial charge in [-0.05, 0) is 13.0 Å². The van der Waals surface area contributed by atoms with Crippen molar-refractivity contribution in [3.63, 3.8) is 0 Å². The van der Waals surface area contributed by atoms with E-state index in [1.54, 1.807) is 12.4 Å². The Balaban J connectivity index is 1.47. The van der Waals surface area contributed by atoms with E-state index in [-0.39, 0.29) is 5.97 Å². The highest BCUT2D eigenvalue weighted by Gasteiger charge is 2.21. The molecule has 1 fully saturated rings. The molecule has 0 bridgehead atoms. The van der Waals surface area contributed by atoms with E-state index >= 15 is 0 Å². The van der Waals surface area contributed by atoms with E-state index in [1.165, 1.54) is 0 Å². The van der Waals surface area contributed by atoms with Gasteiger partial charge in [-0.1, -0.05) is 12.1 Å². The van der Waals surface area contributed by atoms with Gasteiger partial charge in [0.05, 0.1) is 43.0 Å². The number of hydrogen-bond acceptors (Lipinski definition) is 7. The number of benzene rings is 1. The maximum absolute atomic E-state index is 11.7. The van der Waals surface area contributed by atoms with E-state index in [0.29, 0.717) is 13.2 Å². The summed E-state index contributed by atoms with van der Waals surface area (Å²) >= 11 is 0. The molecule has 1 saturated heterocycles. The van der Waals surface area contributed by atoms with Gasteiger partial charge in [-0.25, -0.2) is 4.98 Å².